The summed E-state index contributed by atoms with van der Waals surface area (Å²) in [4.78, 5) is 15.1. The predicted octanol–water partition coefficient (Wildman–Crippen LogP) is 4.06. The molecule has 1 saturated heterocycles. The number of nitrogens with zero attached hydrogens (tertiary/aromatic N) is 1. The summed E-state index contributed by atoms with van der Waals surface area (Å²) in [6, 6.07) is 16.2. The van der Waals surface area contributed by atoms with Crippen molar-refractivity contribution in [3.05, 3.63) is 65.2 Å². The van der Waals surface area contributed by atoms with Crippen LogP contribution >= 0.6 is 0 Å². The van der Waals surface area contributed by atoms with Crippen LogP contribution in [0.3, 0.4) is 0 Å². The van der Waals surface area contributed by atoms with E-state index in [1.54, 1.807) is 0 Å². The maximum absolute atomic E-state index is 12.6. The Hall–Kier alpha value is -2.33. The minimum Gasteiger partial charge on any atom is -0.481 e. The van der Waals surface area contributed by atoms with E-state index < -0.39 is 6.10 Å². The number of likely N-dealkylation sites (tertiary alicyclic amines) is 1. The van der Waals surface area contributed by atoms with Crippen LogP contribution < -0.4 is 10.1 Å². The Morgan fingerprint density at radius 2 is 1.85 bits per heavy atom. The van der Waals surface area contributed by atoms with Crippen LogP contribution in [0.5, 0.6) is 5.75 Å². The molecule has 0 radical (unpaired) electrons. The first-order chi connectivity index (χ1) is 13.2. The Balaban J connectivity index is 1.59. The number of carbonyl (C=O) groups is 1. The van der Waals surface area contributed by atoms with E-state index in [-0.39, 0.29) is 5.91 Å². The first-order valence-corrected chi connectivity index (χ1v) is 9.96. The number of carbonyl (C=O) groups excluding carboxylic acids is 1. The van der Waals surface area contributed by atoms with Gasteiger partial charge in [-0.15, -0.1) is 0 Å². The van der Waals surface area contributed by atoms with Gasteiger partial charge in [-0.3, -0.25) is 9.69 Å². The Kier molecular flexibility index (Phi) is 6.88. The average molecular weight is 367 g/mol. The van der Waals surface area contributed by atoms with Crippen molar-refractivity contribution in [1.82, 2.24) is 10.2 Å². The van der Waals surface area contributed by atoms with Crippen LogP contribution in [0, 0.1) is 6.92 Å². The SMILES string of the molecule is CC[C@@H](Oc1cccc(C)c1)C(=O)NCc1ccccc1CN1CCCC1. The molecule has 1 fully saturated rings. The average Bonchev–Trinajstić information content (AvgIpc) is 3.18. The van der Waals surface area contributed by atoms with Gasteiger partial charge in [0.25, 0.3) is 5.91 Å². The zero-order valence-corrected chi connectivity index (χ0v) is 16.4. The second kappa shape index (κ2) is 9.56. The zero-order chi connectivity index (χ0) is 19.1. The molecule has 0 aromatic heterocycles. The summed E-state index contributed by atoms with van der Waals surface area (Å²) in [5, 5.41) is 3.07. The molecule has 1 aliphatic heterocycles. The second-order valence-corrected chi connectivity index (χ2v) is 7.30. The van der Waals surface area contributed by atoms with Crippen molar-refractivity contribution in [2.75, 3.05) is 13.1 Å². The maximum atomic E-state index is 12.6. The van der Waals surface area contributed by atoms with Crippen LogP contribution in [-0.2, 0) is 17.9 Å². The molecule has 4 nitrogen and oxygen atoms in total. The van der Waals surface area contributed by atoms with Crippen LogP contribution in [0.25, 0.3) is 0 Å². The number of rotatable bonds is 8. The van der Waals surface area contributed by atoms with E-state index in [4.69, 9.17) is 4.74 Å². The third-order valence-electron chi connectivity index (χ3n) is 5.10. The lowest BCUT2D eigenvalue weighted by molar-refractivity contribution is -0.128. The van der Waals surface area contributed by atoms with Crippen LogP contribution in [0.1, 0.15) is 42.9 Å². The molecule has 1 amide bonds. The van der Waals surface area contributed by atoms with E-state index in [0.717, 1.165) is 17.9 Å². The molecule has 2 aromatic carbocycles. The maximum Gasteiger partial charge on any atom is 0.261 e. The Morgan fingerprint density at radius 1 is 1.11 bits per heavy atom. The third kappa shape index (κ3) is 5.57. The molecule has 0 bridgehead atoms. The van der Waals surface area contributed by atoms with E-state index in [0.29, 0.717) is 13.0 Å². The number of benzene rings is 2. The molecule has 3 rings (SSSR count). The number of amides is 1. The van der Waals surface area contributed by atoms with Crippen molar-refractivity contribution in [3.63, 3.8) is 0 Å². The van der Waals surface area contributed by atoms with E-state index >= 15 is 0 Å². The quantitative estimate of drug-likeness (QED) is 0.766. The topological polar surface area (TPSA) is 41.6 Å². The van der Waals surface area contributed by atoms with Gasteiger partial charge in [0.2, 0.25) is 0 Å². The molecular formula is C23H30N2O2. The number of aryl methyl sites for hydroxylation is 1. The first kappa shape index (κ1) is 19.4. The highest BCUT2D eigenvalue weighted by molar-refractivity contribution is 5.81. The molecule has 27 heavy (non-hydrogen) atoms. The minimum atomic E-state index is -0.474. The van der Waals surface area contributed by atoms with Gasteiger partial charge in [-0.2, -0.15) is 0 Å². The van der Waals surface area contributed by atoms with Gasteiger partial charge < -0.3 is 10.1 Å². The minimum absolute atomic E-state index is 0.0602. The summed E-state index contributed by atoms with van der Waals surface area (Å²) < 4.78 is 5.91. The van der Waals surface area contributed by atoms with Gasteiger partial charge >= 0.3 is 0 Å². The van der Waals surface area contributed by atoms with Gasteiger partial charge in [0.15, 0.2) is 6.10 Å². The molecule has 0 saturated carbocycles. The summed E-state index contributed by atoms with van der Waals surface area (Å²) in [5.74, 6) is 0.682. The van der Waals surface area contributed by atoms with Gasteiger partial charge in [-0.1, -0.05) is 43.3 Å². The molecule has 1 heterocycles. The summed E-state index contributed by atoms with van der Waals surface area (Å²) in [6.07, 6.45) is 2.73. The summed E-state index contributed by atoms with van der Waals surface area (Å²) in [6.45, 7) is 7.83. The lowest BCUT2D eigenvalue weighted by Crippen LogP contribution is -2.37. The van der Waals surface area contributed by atoms with Gasteiger partial charge in [0.05, 0.1) is 0 Å². The molecule has 2 aromatic rings. The standard InChI is InChI=1S/C23H30N2O2/c1-3-22(27-21-12-8-9-18(2)15-21)23(26)24-16-19-10-4-5-11-20(19)17-25-13-6-7-14-25/h4-5,8-12,15,22H,3,6-7,13-14,16-17H2,1-2H3,(H,24,26)/t22-/m1/s1. The molecular weight excluding hydrogens is 336 g/mol. The van der Waals surface area contributed by atoms with Crippen LogP contribution in [0.2, 0.25) is 0 Å². The van der Waals surface area contributed by atoms with Crippen molar-refractivity contribution in [2.24, 2.45) is 0 Å². The van der Waals surface area contributed by atoms with Gasteiger partial charge in [0.1, 0.15) is 5.75 Å². The summed E-state index contributed by atoms with van der Waals surface area (Å²) in [7, 11) is 0. The molecule has 0 spiro atoms. The number of hydrogen-bond donors (Lipinski definition) is 1. The van der Waals surface area contributed by atoms with Gasteiger partial charge in [0, 0.05) is 13.1 Å². The largest absolute Gasteiger partial charge is 0.481 e. The van der Waals surface area contributed by atoms with E-state index in [9.17, 15) is 4.79 Å². The molecule has 1 N–H and O–H groups in total. The molecule has 1 aliphatic rings. The molecule has 0 unspecified atom stereocenters. The van der Waals surface area contributed by atoms with Crippen molar-refractivity contribution in [2.45, 2.75) is 52.3 Å². The van der Waals surface area contributed by atoms with Crippen LogP contribution in [-0.4, -0.2) is 30.0 Å². The van der Waals surface area contributed by atoms with Crippen molar-refractivity contribution >= 4 is 5.91 Å². The molecule has 4 heteroatoms. The van der Waals surface area contributed by atoms with E-state index in [1.807, 2.05) is 44.2 Å². The van der Waals surface area contributed by atoms with Crippen molar-refractivity contribution in [1.29, 1.82) is 0 Å². The second-order valence-electron chi connectivity index (χ2n) is 7.30. The van der Waals surface area contributed by atoms with Crippen molar-refractivity contribution in [3.8, 4) is 5.75 Å². The number of hydrogen-bond acceptors (Lipinski definition) is 3. The van der Waals surface area contributed by atoms with Crippen LogP contribution in [0.4, 0.5) is 0 Å². The fourth-order valence-electron chi connectivity index (χ4n) is 3.54. The lowest BCUT2D eigenvalue weighted by atomic mass is 10.1. The van der Waals surface area contributed by atoms with E-state index in [2.05, 4.69) is 28.4 Å². The fourth-order valence-corrected chi connectivity index (χ4v) is 3.54. The lowest BCUT2D eigenvalue weighted by Gasteiger charge is -2.20. The molecule has 144 valence electrons. The highest BCUT2D eigenvalue weighted by Crippen LogP contribution is 2.17. The first-order valence-electron chi connectivity index (χ1n) is 9.96. The fraction of sp³-hybridized carbons (Fsp3) is 0.435. The van der Waals surface area contributed by atoms with Crippen molar-refractivity contribution < 1.29 is 9.53 Å². The monoisotopic (exact) mass is 366 g/mol. The smallest absolute Gasteiger partial charge is 0.261 e. The predicted molar refractivity (Wildman–Crippen MR) is 109 cm³/mol. The number of nitrogens with one attached hydrogen (secondary N) is 1. The summed E-state index contributed by atoms with van der Waals surface area (Å²) in [5.41, 5.74) is 3.61. The van der Waals surface area contributed by atoms with E-state index in [1.165, 1.54) is 37.1 Å². The zero-order valence-electron chi connectivity index (χ0n) is 16.4. The van der Waals surface area contributed by atoms with Gasteiger partial charge in [-0.05, 0) is 68.1 Å². The Bertz CT molecular complexity index is 754. The van der Waals surface area contributed by atoms with Gasteiger partial charge in [-0.25, -0.2) is 0 Å². The summed E-state index contributed by atoms with van der Waals surface area (Å²) >= 11 is 0. The normalized spacial score (nSPS) is 15.5. The molecule has 0 aliphatic carbocycles. The molecule has 1 atom stereocenters. The third-order valence-corrected chi connectivity index (χ3v) is 5.10. The number of ether oxygens (including phenoxy) is 1. The Labute approximate surface area is 162 Å². The highest BCUT2D eigenvalue weighted by atomic mass is 16.5. The highest BCUT2D eigenvalue weighted by Gasteiger charge is 2.19. The van der Waals surface area contributed by atoms with Crippen LogP contribution in [0.15, 0.2) is 48.5 Å². The Morgan fingerprint density at radius 3 is 2.56 bits per heavy atom.